The molecule has 1 amide bonds. The average molecular weight is 319 g/mol. The summed E-state index contributed by atoms with van der Waals surface area (Å²) in [7, 11) is 0. The van der Waals surface area contributed by atoms with E-state index in [1.54, 1.807) is 12.4 Å². The summed E-state index contributed by atoms with van der Waals surface area (Å²) in [6.07, 6.45) is 3.47. The Balaban J connectivity index is 1.77. The Morgan fingerprint density at radius 1 is 1.17 bits per heavy atom. The smallest absolute Gasteiger partial charge is 0.221 e. The van der Waals surface area contributed by atoms with Crippen molar-refractivity contribution < 1.29 is 4.79 Å². The predicted octanol–water partition coefficient (Wildman–Crippen LogP) is 2.97. The highest BCUT2D eigenvalue weighted by molar-refractivity contribution is 5.89. The molecule has 24 heavy (non-hydrogen) atoms. The molecule has 6 nitrogen and oxygen atoms in total. The van der Waals surface area contributed by atoms with Gasteiger partial charge in [0.05, 0.1) is 18.1 Å². The first-order valence-corrected chi connectivity index (χ1v) is 7.44. The number of benzene rings is 2. The number of imidazole rings is 1. The van der Waals surface area contributed by atoms with Crippen molar-refractivity contribution in [2.24, 2.45) is 5.10 Å². The van der Waals surface area contributed by atoms with Crippen LogP contribution in [0.2, 0.25) is 0 Å². The zero-order valence-corrected chi connectivity index (χ0v) is 13.2. The van der Waals surface area contributed by atoms with Crippen molar-refractivity contribution >= 4 is 23.8 Å². The number of carbonyl (C=O) groups is 1. The molecular weight excluding hydrogens is 302 g/mol. The number of hydrogen-bond acceptors (Lipinski definition) is 4. The van der Waals surface area contributed by atoms with Gasteiger partial charge in [-0.15, -0.1) is 0 Å². The zero-order valence-electron chi connectivity index (χ0n) is 13.2. The molecule has 1 heterocycles. The van der Waals surface area contributed by atoms with E-state index in [2.05, 4.69) is 15.4 Å². The lowest BCUT2D eigenvalue weighted by molar-refractivity contribution is -0.114. The maximum Gasteiger partial charge on any atom is 0.221 e. The molecule has 0 radical (unpaired) electrons. The number of nitrogens with zero attached hydrogens (tertiary/aromatic N) is 3. The summed E-state index contributed by atoms with van der Waals surface area (Å²) in [6.45, 7) is 1.47. The number of hydrogen-bond donors (Lipinski definition) is 2. The Morgan fingerprint density at radius 3 is 2.54 bits per heavy atom. The van der Waals surface area contributed by atoms with Crippen molar-refractivity contribution in [1.82, 2.24) is 9.66 Å². The minimum absolute atomic E-state index is 0.101. The Kier molecular flexibility index (Phi) is 4.38. The molecular formula is C18H17N5O. The number of amides is 1. The summed E-state index contributed by atoms with van der Waals surface area (Å²) in [5.74, 6) is 0.219. The molecule has 0 aliphatic heterocycles. The number of nitrogens with one attached hydrogen (secondary N) is 1. The molecule has 0 fully saturated rings. The molecule has 120 valence electrons. The molecule has 6 heteroatoms. The van der Waals surface area contributed by atoms with E-state index < -0.39 is 0 Å². The van der Waals surface area contributed by atoms with Crippen molar-refractivity contribution in [1.29, 1.82) is 0 Å². The Labute approximate surface area is 139 Å². The van der Waals surface area contributed by atoms with Gasteiger partial charge in [0, 0.05) is 18.2 Å². The van der Waals surface area contributed by atoms with Crippen LogP contribution < -0.4 is 11.1 Å². The van der Waals surface area contributed by atoms with E-state index in [4.69, 9.17) is 5.73 Å². The fourth-order valence-corrected chi connectivity index (χ4v) is 2.21. The highest BCUT2D eigenvalue weighted by Crippen LogP contribution is 2.19. The van der Waals surface area contributed by atoms with Gasteiger partial charge in [-0.25, -0.2) is 9.66 Å². The minimum Gasteiger partial charge on any atom is -0.368 e. The van der Waals surface area contributed by atoms with Crippen LogP contribution in [-0.4, -0.2) is 21.8 Å². The first-order valence-electron chi connectivity index (χ1n) is 7.44. The largest absolute Gasteiger partial charge is 0.368 e. The van der Waals surface area contributed by atoms with Crippen LogP contribution in [0.3, 0.4) is 0 Å². The van der Waals surface area contributed by atoms with Crippen molar-refractivity contribution in [3.05, 3.63) is 66.4 Å². The first-order chi connectivity index (χ1) is 11.6. The molecule has 0 aliphatic rings. The summed E-state index contributed by atoms with van der Waals surface area (Å²) >= 11 is 0. The van der Waals surface area contributed by atoms with Crippen molar-refractivity contribution in [3.63, 3.8) is 0 Å². The van der Waals surface area contributed by atoms with Crippen LogP contribution >= 0.6 is 0 Å². The molecule has 0 unspecified atom stereocenters. The molecule has 3 aromatic rings. The standard InChI is InChI=1S/C18H17N5O/c1-13(24)21-16-9-7-14(8-10-16)11-20-23-12-17(22-18(23)19)15-5-3-2-4-6-15/h2-12H,1H3,(H2,19,22)(H,21,24)/b20-11+. The molecule has 2 aromatic carbocycles. The molecule has 0 atom stereocenters. The van der Waals surface area contributed by atoms with Gasteiger partial charge < -0.3 is 11.1 Å². The van der Waals surface area contributed by atoms with Crippen LogP contribution in [0.15, 0.2) is 65.9 Å². The lowest BCUT2D eigenvalue weighted by Crippen LogP contribution is -2.05. The van der Waals surface area contributed by atoms with E-state index in [-0.39, 0.29) is 5.91 Å². The number of anilines is 2. The summed E-state index contributed by atoms with van der Waals surface area (Å²) in [6, 6.07) is 17.1. The third-order valence-electron chi connectivity index (χ3n) is 3.35. The fraction of sp³-hybridized carbons (Fsp3) is 0.0556. The topological polar surface area (TPSA) is 85.3 Å². The van der Waals surface area contributed by atoms with Gasteiger partial charge in [-0.1, -0.05) is 42.5 Å². The molecule has 3 rings (SSSR count). The maximum absolute atomic E-state index is 11.0. The van der Waals surface area contributed by atoms with Crippen molar-refractivity contribution in [2.75, 3.05) is 11.1 Å². The number of nitrogens with two attached hydrogens (primary N) is 1. The van der Waals surface area contributed by atoms with Gasteiger partial charge >= 0.3 is 0 Å². The van der Waals surface area contributed by atoms with Crippen LogP contribution in [-0.2, 0) is 4.79 Å². The van der Waals surface area contributed by atoms with E-state index in [1.807, 2.05) is 54.6 Å². The highest BCUT2D eigenvalue weighted by Gasteiger charge is 2.05. The Hall–Kier alpha value is -3.41. The second-order valence-corrected chi connectivity index (χ2v) is 5.24. The zero-order chi connectivity index (χ0) is 16.9. The highest BCUT2D eigenvalue weighted by atomic mass is 16.1. The Morgan fingerprint density at radius 2 is 1.88 bits per heavy atom. The number of carbonyl (C=O) groups excluding carboxylic acids is 1. The van der Waals surface area contributed by atoms with Gasteiger partial charge in [-0.2, -0.15) is 5.10 Å². The van der Waals surface area contributed by atoms with E-state index in [9.17, 15) is 4.79 Å². The van der Waals surface area contributed by atoms with Gasteiger partial charge in [0.2, 0.25) is 11.9 Å². The van der Waals surface area contributed by atoms with E-state index in [0.29, 0.717) is 5.95 Å². The van der Waals surface area contributed by atoms with Gasteiger partial charge in [0.25, 0.3) is 0 Å². The van der Waals surface area contributed by atoms with Gasteiger partial charge in [0.15, 0.2) is 0 Å². The quantitative estimate of drug-likeness (QED) is 0.725. The molecule has 0 bridgehead atoms. The normalized spacial score (nSPS) is 10.9. The van der Waals surface area contributed by atoms with Crippen LogP contribution in [0.25, 0.3) is 11.3 Å². The summed E-state index contributed by atoms with van der Waals surface area (Å²) < 4.78 is 1.53. The van der Waals surface area contributed by atoms with Crippen LogP contribution in [0, 0.1) is 0 Å². The van der Waals surface area contributed by atoms with Crippen LogP contribution in [0.1, 0.15) is 12.5 Å². The van der Waals surface area contributed by atoms with Gasteiger partial charge in [-0.05, 0) is 17.7 Å². The summed E-state index contributed by atoms with van der Waals surface area (Å²) in [5.41, 5.74) is 9.30. The van der Waals surface area contributed by atoms with Crippen LogP contribution in [0.5, 0.6) is 0 Å². The molecule has 0 aliphatic carbocycles. The lowest BCUT2D eigenvalue weighted by Gasteiger charge is -2.01. The third-order valence-corrected chi connectivity index (χ3v) is 3.35. The predicted molar refractivity (Wildman–Crippen MR) is 95.8 cm³/mol. The second-order valence-electron chi connectivity index (χ2n) is 5.24. The molecule has 0 saturated carbocycles. The number of aromatic nitrogens is 2. The molecule has 0 spiro atoms. The molecule has 0 saturated heterocycles. The maximum atomic E-state index is 11.0. The summed E-state index contributed by atoms with van der Waals surface area (Å²) in [4.78, 5) is 15.3. The second kappa shape index (κ2) is 6.78. The number of rotatable bonds is 4. The van der Waals surface area contributed by atoms with Gasteiger partial charge in [0.1, 0.15) is 0 Å². The molecule has 3 N–H and O–H groups in total. The van der Waals surface area contributed by atoms with E-state index in [0.717, 1.165) is 22.5 Å². The Bertz CT molecular complexity index is 866. The van der Waals surface area contributed by atoms with Crippen molar-refractivity contribution in [3.8, 4) is 11.3 Å². The van der Waals surface area contributed by atoms with E-state index in [1.165, 1.54) is 11.6 Å². The monoisotopic (exact) mass is 319 g/mol. The first kappa shape index (κ1) is 15.5. The molecule has 1 aromatic heterocycles. The van der Waals surface area contributed by atoms with E-state index >= 15 is 0 Å². The SMILES string of the molecule is CC(=O)Nc1ccc(/C=N/n2cc(-c3ccccc3)nc2N)cc1. The fourth-order valence-electron chi connectivity index (χ4n) is 2.21. The third kappa shape index (κ3) is 3.67. The van der Waals surface area contributed by atoms with Crippen LogP contribution in [0.4, 0.5) is 11.6 Å². The lowest BCUT2D eigenvalue weighted by atomic mass is 10.2. The van der Waals surface area contributed by atoms with Crippen molar-refractivity contribution in [2.45, 2.75) is 6.92 Å². The summed E-state index contributed by atoms with van der Waals surface area (Å²) in [5, 5.41) is 7.05. The van der Waals surface area contributed by atoms with Gasteiger partial charge in [-0.3, -0.25) is 4.79 Å². The minimum atomic E-state index is -0.101. The number of nitrogen functional groups attached to an aromatic ring is 1. The average Bonchev–Trinajstić information content (AvgIpc) is 2.95.